The summed E-state index contributed by atoms with van der Waals surface area (Å²) in [5, 5.41) is 9.33. The minimum absolute atomic E-state index is 0.0676. The molecule has 21 heavy (non-hydrogen) atoms. The number of benzene rings is 2. The molecule has 2 N–H and O–H groups in total. The van der Waals surface area contributed by atoms with Crippen LogP contribution in [-0.4, -0.2) is 6.61 Å². The minimum Gasteiger partial charge on any atom is -0.491 e. The van der Waals surface area contributed by atoms with Crippen LogP contribution >= 0.6 is 11.6 Å². The SMILES string of the molecule is N#Cc1ccc(COc2ccc3c(c2)OCC3N)c(Cl)c1. The molecule has 0 saturated carbocycles. The van der Waals surface area contributed by atoms with E-state index in [1.165, 1.54) is 0 Å². The van der Waals surface area contributed by atoms with E-state index in [1.54, 1.807) is 18.2 Å². The summed E-state index contributed by atoms with van der Waals surface area (Å²) in [5.74, 6) is 1.47. The molecular weight excluding hydrogens is 288 g/mol. The molecule has 0 amide bonds. The van der Waals surface area contributed by atoms with Crippen LogP contribution in [0.3, 0.4) is 0 Å². The molecule has 106 valence electrons. The van der Waals surface area contributed by atoms with Crippen LogP contribution < -0.4 is 15.2 Å². The van der Waals surface area contributed by atoms with E-state index in [-0.39, 0.29) is 6.04 Å². The van der Waals surface area contributed by atoms with Gasteiger partial charge in [0.2, 0.25) is 0 Å². The number of rotatable bonds is 3. The molecule has 0 aliphatic carbocycles. The van der Waals surface area contributed by atoms with Crippen molar-refractivity contribution in [3.8, 4) is 17.6 Å². The fraction of sp³-hybridized carbons (Fsp3) is 0.188. The summed E-state index contributed by atoms with van der Waals surface area (Å²) >= 11 is 6.11. The Morgan fingerprint density at radius 2 is 2.19 bits per heavy atom. The highest BCUT2D eigenvalue weighted by atomic mass is 35.5. The predicted molar refractivity (Wildman–Crippen MR) is 79.4 cm³/mol. The highest BCUT2D eigenvalue weighted by Gasteiger charge is 2.20. The van der Waals surface area contributed by atoms with E-state index >= 15 is 0 Å². The predicted octanol–water partition coefficient (Wildman–Crippen LogP) is 3.18. The van der Waals surface area contributed by atoms with Crippen molar-refractivity contribution in [2.45, 2.75) is 12.6 Å². The van der Waals surface area contributed by atoms with E-state index in [0.29, 0.717) is 29.5 Å². The smallest absolute Gasteiger partial charge is 0.127 e. The van der Waals surface area contributed by atoms with Crippen LogP contribution in [0, 0.1) is 11.3 Å². The third-order valence-corrected chi connectivity index (χ3v) is 3.73. The van der Waals surface area contributed by atoms with E-state index in [1.807, 2.05) is 24.3 Å². The fourth-order valence-corrected chi connectivity index (χ4v) is 2.44. The van der Waals surface area contributed by atoms with Crippen molar-refractivity contribution in [1.82, 2.24) is 0 Å². The molecule has 0 bridgehead atoms. The molecule has 1 aliphatic heterocycles. The van der Waals surface area contributed by atoms with Crippen molar-refractivity contribution in [2.75, 3.05) is 6.61 Å². The van der Waals surface area contributed by atoms with Crippen LogP contribution in [0.1, 0.15) is 22.7 Å². The van der Waals surface area contributed by atoms with Crippen LogP contribution in [0.25, 0.3) is 0 Å². The Morgan fingerprint density at radius 3 is 2.95 bits per heavy atom. The maximum atomic E-state index is 8.81. The van der Waals surface area contributed by atoms with Crippen LogP contribution in [-0.2, 0) is 6.61 Å². The van der Waals surface area contributed by atoms with Gasteiger partial charge < -0.3 is 15.2 Å². The summed E-state index contributed by atoms with van der Waals surface area (Å²) in [4.78, 5) is 0. The largest absolute Gasteiger partial charge is 0.491 e. The van der Waals surface area contributed by atoms with E-state index in [0.717, 1.165) is 16.9 Å². The Hall–Kier alpha value is -2.22. The number of nitrogens with zero attached hydrogens (tertiary/aromatic N) is 1. The van der Waals surface area contributed by atoms with Gasteiger partial charge >= 0.3 is 0 Å². The zero-order valence-corrected chi connectivity index (χ0v) is 11.9. The van der Waals surface area contributed by atoms with Crippen molar-refractivity contribution in [2.24, 2.45) is 5.73 Å². The highest BCUT2D eigenvalue weighted by Crippen LogP contribution is 2.34. The summed E-state index contributed by atoms with van der Waals surface area (Å²) < 4.78 is 11.2. The van der Waals surface area contributed by atoms with Crippen molar-refractivity contribution < 1.29 is 9.47 Å². The van der Waals surface area contributed by atoms with Gasteiger partial charge in [-0.2, -0.15) is 5.26 Å². The first-order valence-electron chi connectivity index (χ1n) is 6.51. The van der Waals surface area contributed by atoms with Crippen LogP contribution in [0.5, 0.6) is 11.5 Å². The third kappa shape index (κ3) is 2.80. The highest BCUT2D eigenvalue weighted by molar-refractivity contribution is 6.31. The first-order chi connectivity index (χ1) is 10.2. The number of hydrogen-bond acceptors (Lipinski definition) is 4. The molecule has 0 radical (unpaired) electrons. The van der Waals surface area contributed by atoms with Gasteiger partial charge in [0.25, 0.3) is 0 Å². The molecule has 1 aliphatic rings. The lowest BCUT2D eigenvalue weighted by atomic mass is 10.1. The molecule has 2 aromatic rings. The average molecular weight is 301 g/mol. The van der Waals surface area contributed by atoms with E-state index < -0.39 is 0 Å². The lowest BCUT2D eigenvalue weighted by molar-refractivity contribution is 0.301. The van der Waals surface area contributed by atoms with Crippen molar-refractivity contribution >= 4 is 11.6 Å². The second-order valence-electron chi connectivity index (χ2n) is 4.82. The van der Waals surface area contributed by atoms with Crippen molar-refractivity contribution in [1.29, 1.82) is 5.26 Å². The van der Waals surface area contributed by atoms with Crippen molar-refractivity contribution in [3.63, 3.8) is 0 Å². The molecule has 0 saturated heterocycles. The zero-order chi connectivity index (χ0) is 14.8. The molecule has 3 rings (SSSR count). The molecule has 1 heterocycles. The van der Waals surface area contributed by atoms with Gasteiger partial charge in [0, 0.05) is 22.2 Å². The standard InChI is InChI=1S/C16H13ClN2O2/c17-14-5-10(7-18)1-2-11(14)8-20-12-3-4-13-15(19)9-21-16(13)6-12/h1-6,15H,8-9,19H2. The summed E-state index contributed by atoms with van der Waals surface area (Å²) in [6.07, 6.45) is 0. The van der Waals surface area contributed by atoms with Crippen LogP contribution in [0.4, 0.5) is 0 Å². The summed E-state index contributed by atoms with van der Waals surface area (Å²) in [7, 11) is 0. The number of hydrogen-bond donors (Lipinski definition) is 1. The normalized spacial score (nSPS) is 16.0. The molecular formula is C16H13ClN2O2. The first kappa shape index (κ1) is 13.7. The Kier molecular flexibility index (Phi) is 3.70. The zero-order valence-electron chi connectivity index (χ0n) is 11.2. The maximum absolute atomic E-state index is 8.81. The molecule has 2 aromatic carbocycles. The Labute approximate surface area is 127 Å². The van der Waals surface area contributed by atoms with E-state index in [9.17, 15) is 0 Å². The van der Waals surface area contributed by atoms with Crippen molar-refractivity contribution in [3.05, 3.63) is 58.1 Å². The fourth-order valence-electron chi connectivity index (χ4n) is 2.20. The molecule has 5 heteroatoms. The molecule has 1 atom stereocenters. The quantitative estimate of drug-likeness (QED) is 0.945. The Balaban J connectivity index is 1.72. The average Bonchev–Trinajstić information content (AvgIpc) is 2.87. The molecule has 0 spiro atoms. The Bertz CT molecular complexity index is 725. The summed E-state index contributed by atoms with van der Waals surface area (Å²) in [5.41, 5.74) is 8.26. The topological polar surface area (TPSA) is 68.3 Å². The van der Waals surface area contributed by atoms with Crippen LogP contribution in [0.2, 0.25) is 5.02 Å². The number of nitriles is 1. The van der Waals surface area contributed by atoms with Gasteiger partial charge in [0.15, 0.2) is 0 Å². The second-order valence-corrected chi connectivity index (χ2v) is 5.23. The molecule has 0 fully saturated rings. The lowest BCUT2D eigenvalue weighted by Gasteiger charge is -2.09. The van der Waals surface area contributed by atoms with E-state index in [4.69, 9.17) is 32.1 Å². The monoisotopic (exact) mass is 300 g/mol. The summed E-state index contributed by atoms with van der Waals surface area (Å²) in [6, 6.07) is 12.7. The first-order valence-corrected chi connectivity index (χ1v) is 6.89. The van der Waals surface area contributed by atoms with Gasteiger partial charge in [-0.1, -0.05) is 17.7 Å². The summed E-state index contributed by atoms with van der Waals surface area (Å²) in [6.45, 7) is 0.829. The van der Waals surface area contributed by atoms with Gasteiger partial charge in [-0.25, -0.2) is 0 Å². The van der Waals surface area contributed by atoms with Gasteiger partial charge in [0.05, 0.1) is 17.7 Å². The molecule has 4 nitrogen and oxygen atoms in total. The number of halogens is 1. The minimum atomic E-state index is -0.0676. The number of fused-ring (bicyclic) bond motifs is 1. The lowest BCUT2D eigenvalue weighted by Crippen LogP contribution is -2.10. The van der Waals surface area contributed by atoms with Gasteiger partial charge in [0.1, 0.15) is 24.7 Å². The second kappa shape index (κ2) is 5.65. The maximum Gasteiger partial charge on any atom is 0.127 e. The number of ether oxygens (including phenoxy) is 2. The molecule has 0 aromatic heterocycles. The van der Waals surface area contributed by atoms with Gasteiger partial charge in [-0.05, 0) is 24.3 Å². The third-order valence-electron chi connectivity index (χ3n) is 3.38. The van der Waals surface area contributed by atoms with Gasteiger partial charge in [-0.3, -0.25) is 0 Å². The van der Waals surface area contributed by atoms with E-state index in [2.05, 4.69) is 0 Å². The number of nitrogens with two attached hydrogens (primary N) is 1. The Morgan fingerprint density at radius 1 is 1.33 bits per heavy atom. The van der Waals surface area contributed by atoms with Gasteiger partial charge in [-0.15, -0.1) is 0 Å². The van der Waals surface area contributed by atoms with Crippen LogP contribution in [0.15, 0.2) is 36.4 Å². The molecule has 1 unspecified atom stereocenters.